The molecule has 0 spiro atoms. The van der Waals surface area contributed by atoms with Crippen LogP contribution in [0.5, 0.6) is 0 Å². The third kappa shape index (κ3) is 5.17. The van der Waals surface area contributed by atoms with Crippen molar-refractivity contribution in [2.45, 2.75) is 51.5 Å². The number of piperidine rings is 1. The Morgan fingerprint density at radius 3 is 2.58 bits per heavy atom. The highest BCUT2D eigenvalue weighted by Crippen LogP contribution is 2.33. The molecule has 1 saturated heterocycles. The summed E-state index contributed by atoms with van der Waals surface area (Å²) in [5.41, 5.74) is 4.63. The Labute approximate surface area is 223 Å². The molecule has 2 aromatic carbocycles. The van der Waals surface area contributed by atoms with Crippen molar-refractivity contribution in [3.8, 4) is 0 Å². The molecule has 0 unspecified atom stereocenters. The summed E-state index contributed by atoms with van der Waals surface area (Å²) in [5.74, 6) is 0.379. The molecule has 3 aliphatic rings. The zero-order valence-electron chi connectivity index (χ0n) is 22.0. The number of aromatic nitrogens is 2. The highest BCUT2D eigenvalue weighted by molar-refractivity contribution is 6.06. The summed E-state index contributed by atoms with van der Waals surface area (Å²) in [6.45, 7) is 3.56. The molecule has 1 aliphatic carbocycles. The summed E-state index contributed by atoms with van der Waals surface area (Å²) in [7, 11) is 1.90. The number of para-hydroxylation sites is 1. The van der Waals surface area contributed by atoms with Crippen molar-refractivity contribution in [2.24, 2.45) is 18.9 Å². The molecule has 6 rings (SSSR count). The van der Waals surface area contributed by atoms with Gasteiger partial charge in [-0.2, -0.15) is 5.10 Å². The first kappa shape index (κ1) is 25.0. The van der Waals surface area contributed by atoms with Gasteiger partial charge in [-0.15, -0.1) is 0 Å². The minimum absolute atomic E-state index is 0.0465. The zero-order valence-corrected chi connectivity index (χ0v) is 22.0. The molecular formula is C31H35FN4O2. The lowest BCUT2D eigenvalue weighted by Crippen LogP contribution is -2.37. The topological polar surface area (TPSA) is 58.4 Å². The second-order valence-electron chi connectivity index (χ2n) is 11.2. The van der Waals surface area contributed by atoms with Gasteiger partial charge in [0, 0.05) is 49.3 Å². The third-order valence-electron chi connectivity index (χ3n) is 8.54. The second-order valence-corrected chi connectivity index (χ2v) is 11.2. The van der Waals surface area contributed by atoms with Gasteiger partial charge in [-0.1, -0.05) is 24.3 Å². The van der Waals surface area contributed by atoms with Crippen LogP contribution in [0, 0.1) is 17.7 Å². The number of carbonyl (C=O) groups is 2. The van der Waals surface area contributed by atoms with Crippen LogP contribution in [-0.4, -0.2) is 46.0 Å². The van der Waals surface area contributed by atoms with Crippen LogP contribution in [0.25, 0.3) is 0 Å². The van der Waals surface area contributed by atoms with Gasteiger partial charge in [0.05, 0.1) is 18.3 Å². The van der Waals surface area contributed by atoms with Crippen LogP contribution in [0.3, 0.4) is 0 Å². The number of Topliss-reactive ketones (excluding diaryl/α,β-unsaturated/α-hetero) is 1. The number of nitrogens with zero attached hydrogens (tertiary/aromatic N) is 4. The normalized spacial score (nSPS) is 18.1. The van der Waals surface area contributed by atoms with E-state index in [1.54, 1.807) is 23.2 Å². The van der Waals surface area contributed by atoms with Crippen molar-refractivity contribution in [3.05, 3.63) is 82.4 Å². The van der Waals surface area contributed by atoms with Gasteiger partial charge in [0.25, 0.3) is 5.91 Å². The maximum Gasteiger partial charge on any atom is 0.261 e. The lowest BCUT2D eigenvalue weighted by molar-refractivity contribution is -0.124. The number of likely N-dealkylation sites (tertiary alicyclic amines) is 1. The predicted octanol–water partition coefficient (Wildman–Crippen LogP) is 4.93. The van der Waals surface area contributed by atoms with Gasteiger partial charge in [-0.3, -0.25) is 14.3 Å². The number of hydrogen-bond donors (Lipinski definition) is 0. The monoisotopic (exact) mass is 514 g/mol. The molecule has 7 heteroatoms. The average molecular weight is 515 g/mol. The first-order valence-electron chi connectivity index (χ1n) is 13.9. The van der Waals surface area contributed by atoms with Gasteiger partial charge >= 0.3 is 0 Å². The number of benzene rings is 2. The zero-order chi connectivity index (χ0) is 26.2. The fourth-order valence-electron chi connectivity index (χ4n) is 6.02. The largest absolute Gasteiger partial charge is 0.303 e. The lowest BCUT2D eigenvalue weighted by atomic mass is 9.89. The molecule has 1 amide bonds. The fourth-order valence-corrected chi connectivity index (χ4v) is 6.02. The highest BCUT2D eigenvalue weighted by atomic mass is 19.1. The maximum atomic E-state index is 15.3. The molecule has 1 saturated carbocycles. The number of halogens is 1. The molecule has 3 heterocycles. The Morgan fingerprint density at radius 1 is 1.03 bits per heavy atom. The molecule has 0 N–H and O–H groups in total. The predicted molar refractivity (Wildman–Crippen MR) is 145 cm³/mol. The van der Waals surface area contributed by atoms with Crippen molar-refractivity contribution in [2.75, 3.05) is 24.5 Å². The lowest BCUT2D eigenvalue weighted by Gasteiger charge is -2.31. The number of rotatable bonds is 7. The molecule has 198 valence electrons. The van der Waals surface area contributed by atoms with E-state index in [9.17, 15) is 9.59 Å². The average Bonchev–Trinajstić information content (AvgIpc) is 3.71. The molecular weight excluding hydrogens is 479 g/mol. The molecule has 0 atom stereocenters. The molecule has 0 bridgehead atoms. The highest BCUT2D eigenvalue weighted by Gasteiger charge is 2.30. The maximum absolute atomic E-state index is 15.3. The number of carbonyl (C=O) groups excluding carboxylic acids is 2. The number of anilines is 1. The van der Waals surface area contributed by atoms with E-state index in [0.29, 0.717) is 25.8 Å². The Balaban J connectivity index is 1.12. The van der Waals surface area contributed by atoms with Crippen LogP contribution in [0.15, 0.2) is 48.7 Å². The summed E-state index contributed by atoms with van der Waals surface area (Å²) < 4.78 is 17.2. The van der Waals surface area contributed by atoms with Crippen LogP contribution in [-0.2, 0) is 31.2 Å². The van der Waals surface area contributed by atoms with Gasteiger partial charge in [-0.05, 0) is 80.4 Å². The number of ketones is 1. The molecule has 2 aliphatic heterocycles. The fraction of sp³-hybridized carbons (Fsp3) is 0.452. The second kappa shape index (κ2) is 10.4. The summed E-state index contributed by atoms with van der Waals surface area (Å²) in [6, 6.07) is 12.6. The first-order valence-corrected chi connectivity index (χ1v) is 13.9. The van der Waals surface area contributed by atoms with Gasteiger partial charge in [0.15, 0.2) is 0 Å². The molecule has 38 heavy (non-hydrogen) atoms. The molecule has 0 radical (unpaired) electrons. The Hall–Kier alpha value is -3.32. The van der Waals surface area contributed by atoms with Crippen molar-refractivity contribution >= 4 is 17.4 Å². The van der Waals surface area contributed by atoms with Crippen molar-refractivity contribution < 1.29 is 14.0 Å². The van der Waals surface area contributed by atoms with Crippen LogP contribution in [0.2, 0.25) is 0 Å². The van der Waals surface area contributed by atoms with Crippen molar-refractivity contribution in [3.63, 3.8) is 0 Å². The van der Waals surface area contributed by atoms with E-state index < -0.39 is 5.82 Å². The quantitative estimate of drug-likeness (QED) is 0.449. The van der Waals surface area contributed by atoms with Gasteiger partial charge < -0.3 is 9.80 Å². The van der Waals surface area contributed by atoms with Gasteiger partial charge in [0.1, 0.15) is 11.6 Å². The smallest absolute Gasteiger partial charge is 0.261 e. The van der Waals surface area contributed by atoms with Crippen molar-refractivity contribution in [1.82, 2.24) is 14.7 Å². The molecule has 1 aromatic heterocycles. The van der Waals surface area contributed by atoms with Crippen LogP contribution >= 0.6 is 0 Å². The van der Waals surface area contributed by atoms with Gasteiger partial charge in [0.2, 0.25) is 0 Å². The summed E-state index contributed by atoms with van der Waals surface area (Å²) in [4.78, 5) is 30.6. The van der Waals surface area contributed by atoms with E-state index in [1.165, 1.54) is 25.5 Å². The van der Waals surface area contributed by atoms with Crippen molar-refractivity contribution in [1.29, 1.82) is 0 Å². The van der Waals surface area contributed by atoms with E-state index in [-0.39, 0.29) is 23.2 Å². The van der Waals surface area contributed by atoms with E-state index in [2.05, 4.69) is 10.00 Å². The van der Waals surface area contributed by atoms with Gasteiger partial charge in [-0.25, -0.2) is 4.39 Å². The Morgan fingerprint density at radius 2 is 1.82 bits per heavy atom. The van der Waals surface area contributed by atoms with E-state index in [4.69, 9.17) is 0 Å². The number of amides is 1. The number of aryl methyl sites for hydroxylation is 2. The summed E-state index contributed by atoms with van der Waals surface area (Å²) in [6.07, 6.45) is 7.96. The summed E-state index contributed by atoms with van der Waals surface area (Å²) in [5, 5.41) is 4.37. The molecule has 3 aromatic rings. The van der Waals surface area contributed by atoms with E-state index >= 15 is 4.39 Å². The minimum Gasteiger partial charge on any atom is -0.303 e. The first-order chi connectivity index (χ1) is 18.5. The number of hydrogen-bond acceptors (Lipinski definition) is 4. The summed E-state index contributed by atoms with van der Waals surface area (Å²) >= 11 is 0. The van der Waals surface area contributed by atoms with E-state index in [1.807, 2.05) is 36.0 Å². The molecule has 6 nitrogen and oxygen atoms in total. The van der Waals surface area contributed by atoms with E-state index in [0.717, 1.165) is 59.9 Å². The SMILES string of the molecule is Cn1ncc2c1Cc1ccccc1N(C(=O)c1ccc(CCC(=O)C3CCN(CC4CC4)CC3)cc1F)C2. The molecule has 2 fully saturated rings. The third-order valence-corrected chi connectivity index (χ3v) is 8.54. The van der Waals surface area contributed by atoms with Crippen LogP contribution in [0.1, 0.15) is 64.8 Å². The van der Waals surface area contributed by atoms with Crippen LogP contribution < -0.4 is 4.90 Å². The van der Waals surface area contributed by atoms with Crippen LogP contribution in [0.4, 0.5) is 10.1 Å². The Kier molecular flexibility index (Phi) is 6.87. The Bertz CT molecular complexity index is 1350. The number of fused-ring (bicyclic) bond motifs is 2. The standard InChI is InChI=1S/C31H35FN4O2/c1-34-29-17-24-4-2-3-5-28(24)36(20-25(29)18-33-34)31(38)26-10-8-21(16-27(26)32)9-11-30(37)23-12-14-35(15-13-23)19-22-6-7-22/h2-5,8,10,16,18,22-23H,6-7,9,11-15,17,19-20H2,1H3. The minimum atomic E-state index is -0.540.